The predicted molar refractivity (Wildman–Crippen MR) is 103 cm³/mol. The largest absolute Gasteiger partial charge is 0.462 e. The SMILES string of the molecule is CCOC(=O)c1sc(C(C)NC(=NC)NCCCOCCOC)nc1C. The second-order valence-corrected chi connectivity index (χ2v) is 6.54. The van der Waals surface area contributed by atoms with Crippen LogP contribution >= 0.6 is 11.3 Å². The third-order valence-corrected chi connectivity index (χ3v) is 4.73. The van der Waals surface area contributed by atoms with E-state index in [4.69, 9.17) is 14.2 Å². The Hall–Kier alpha value is -1.71. The number of thiazole rings is 1. The number of aryl methyl sites for hydroxylation is 1. The van der Waals surface area contributed by atoms with Gasteiger partial charge in [-0.25, -0.2) is 9.78 Å². The van der Waals surface area contributed by atoms with Gasteiger partial charge in [0.15, 0.2) is 5.96 Å². The number of guanidine groups is 1. The summed E-state index contributed by atoms with van der Waals surface area (Å²) in [6.45, 7) is 8.55. The summed E-state index contributed by atoms with van der Waals surface area (Å²) >= 11 is 1.34. The molecule has 0 saturated heterocycles. The van der Waals surface area contributed by atoms with Crippen LogP contribution in [0, 0.1) is 6.92 Å². The lowest BCUT2D eigenvalue weighted by Crippen LogP contribution is -2.39. The second-order valence-electron chi connectivity index (χ2n) is 5.51. The summed E-state index contributed by atoms with van der Waals surface area (Å²) in [6.07, 6.45) is 0.863. The minimum absolute atomic E-state index is 0.0778. The third-order valence-electron chi connectivity index (χ3n) is 3.41. The number of nitrogens with one attached hydrogen (secondary N) is 2. The summed E-state index contributed by atoms with van der Waals surface area (Å²) in [5, 5.41) is 7.33. The van der Waals surface area contributed by atoms with Crippen molar-refractivity contribution in [1.82, 2.24) is 15.6 Å². The number of aromatic nitrogens is 1. The van der Waals surface area contributed by atoms with E-state index in [0.717, 1.165) is 18.0 Å². The molecule has 0 spiro atoms. The fourth-order valence-corrected chi connectivity index (χ4v) is 3.04. The maximum Gasteiger partial charge on any atom is 0.350 e. The zero-order chi connectivity index (χ0) is 19.4. The molecule has 0 amide bonds. The van der Waals surface area contributed by atoms with Gasteiger partial charge in [0.1, 0.15) is 9.88 Å². The van der Waals surface area contributed by atoms with Gasteiger partial charge in [-0.15, -0.1) is 11.3 Å². The van der Waals surface area contributed by atoms with Crippen LogP contribution in [0.25, 0.3) is 0 Å². The Balaban J connectivity index is 2.45. The Kier molecular flexibility index (Phi) is 10.8. The molecule has 0 fully saturated rings. The van der Waals surface area contributed by atoms with E-state index in [0.29, 0.717) is 43.0 Å². The van der Waals surface area contributed by atoms with Gasteiger partial charge < -0.3 is 24.8 Å². The van der Waals surface area contributed by atoms with Crippen LogP contribution in [-0.2, 0) is 14.2 Å². The number of carbonyl (C=O) groups is 1. The summed E-state index contributed by atoms with van der Waals surface area (Å²) in [6, 6.07) is -0.0778. The van der Waals surface area contributed by atoms with Crippen LogP contribution in [0.4, 0.5) is 0 Å². The monoisotopic (exact) mass is 386 g/mol. The Morgan fingerprint density at radius 3 is 2.77 bits per heavy atom. The van der Waals surface area contributed by atoms with E-state index in [9.17, 15) is 4.79 Å². The maximum absolute atomic E-state index is 11.9. The van der Waals surface area contributed by atoms with Crippen molar-refractivity contribution in [3.05, 3.63) is 15.6 Å². The van der Waals surface area contributed by atoms with Crippen LogP contribution in [0.5, 0.6) is 0 Å². The molecular weight excluding hydrogens is 356 g/mol. The van der Waals surface area contributed by atoms with Crippen molar-refractivity contribution in [3.63, 3.8) is 0 Å². The van der Waals surface area contributed by atoms with Gasteiger partial charge in [0.25, 0.3) is 0 Å². The molecule has 1 rings (SSSR count). The number of rotatable bonds is 11. The van der Waals surface area contributed by atoms with Crippen LogP contribution in [0.2, 0.25) is 0 Å². The van der Waals surface area contributed by atoms with E-state index in [-0.39, 0.29) is 12.0 Å². The molecule has 0 aromatic carbocycles. The van der Waals surface area contributed by atoms with Crippen LogP contribution in [0.15, 0.2) is 4.99 Å². The zero-order valence-corrected chi connectivity index (χ0v) is 17.1. The van der Waals surface area contributed by atoms with Gasteiger partial charge in [0.2, 0.25) is 0 Å². The Bertz CT molecular complexity index is 577. The summed E-state index contributed by atoms with van der Waals surface area (Å²) in [5.74, 6) is 0.358. The lowest BCUT2D eigenvalue weighted by molar-refractivity contribution is 0.0531. The van der Waals surface area contributed by atoms with Gasteiger partial charge in [-0.1, -0.05) is 0 Å². The van der Waals surface area contributed by atoms with E-state index in [1.165, 1.54) is 11.3 Å². The molecule has 148 valence electrons. The summed E-state index contributed by atoms with van der Waals surface area (Å²) in [4.78, 5) is 21.2. The molecule has 9 heteroatoms. The Morgan fingerprint density at radius 2 is 2.12 bits per heavy atom. The zero-order valence-electron chi connectivity index (χ0n) is 16.3. The topological polar surface area (TPSA) is 94.1 Å². The molecule has 1 atom stereocenters. The number of methoxy groups -OCH3 is 1. The molecule has 0 aliphatic rings. The Labute approximate surface area is 159 Å². The molecule has 1 heterocycles. The van der Waals surface area contributed by atoms with E-state index < -0.39 is 0 Å². The molecule has 1 aromatic heterocycles. The minimum atomic E-state index is -0.322. The molecule has 0 aliphatic carbocycles. The first-order valence-corrected chi connectivity index (χ1v) is 9.53. The lowest BCUT2D eigenvalue weighted by Gasteiger charge is -2.16. The average molecular weight is 387 g/mol. The summed E-state index contributed by atoms with van der Waals surface area (Å²) < 4.78 is 15.4. The Morgan fingerprint density at radius 1 is 1.35 bits per heavy atom. The predicted octanol–water partition coefficient (Wildman–Crippen LogP) is 1.91. The van der Waals surface area contributed by atoms with Crippen molar-refractivity contribution in [1.29, 1.82) is 0 Å². The van der Waals surface area contributed by atoms with E-state index in [1.54, 1.807) is 21.1 Å². The van der Waals surface area contributed by atoms with Crippen LogP contribution in [0.3, 0.4) is 0 Å². The normalized spacial score (nSPS) is 12.7. The highest BCUT2D eigenvalue weighted by molar-refractivity contribution is 7.13. The number of hydrogen-bond donors (Lipinski definition) is 2. The molecule has 26 heavy (non-hydrogen) atoms. The van der Waals surface area contributed by atoms with E-state index >= 15 is 0 Å². The molecule has 8 nitrogen and oxygen atoms in total. The number of ether oxygens (including phenoxy) is 3. The number of aliphatic imine (C=N–C) groups is 1. The van der Waals surface area contributed by atoms with Crippen LogP contribution < -0.4 is 10.6 Å². The highest BCUT2D eigenvalue weighted by atomic mass is 32.1. The maximum atomic E-state index is 11.9. The highest BCUT2D eigenvalue weighted by Gasteiger charge is 2.19. The first-order valence-electron chi connectivity index (χ1n) is 8.71. The van der Waals surface area contributed by atoms with Gasteiger partial charge in [-0.05, 0) is 27.2 Å². The highest BCUT2D eigenvalue weighted by Crippen LogP contribution is 2.24. The summed E-state index contributed by atoms with van der Waals surface area (Å²) in [7, 11) is 3.37. The fourth-order valence-electron chi connectivity index (χ4n) is 2.08. The molecular formula is C17H30N4O4S. The summed E-state index contributed by atoms with van der Waals surface area (Å²) in [5.41, 5.74) is 0.688. The minimum Gasteiger partial charge on any atom is -0.462 e. The molecule has 0 bridgehead atoms. The van der Waals surface area contributed by atoms with Crippen LogP contribution in [0.1, 0.15) is 46.7 Å². The second kappa shape index (κ2) is 12.6. The van der Waals surface area contributed by atoms with Gasteiger partial charge in [-0.3, -0.25) is 4.99 Å². The van der Waals surface area contributed by atoms with Crippen molar-refractivity contribution in [2.24, 2.45) is 4.99 Å². The number of carbonyl (C=O) groups excluding carboxylic acids is 1. The quantitative estimate of drug-likeness (QED) is 0.260. The molecule has 1 unspecified atom stereocenters. The molecule has 0 radical (unpaired) electrons. The van der Waals surface area contributed by atoms with Gasteiger partial charge >= 0.3 is 5.97 Å². The first-order chi connectivity index (χ1) is 12.5. The lowest BCUT2D eigenvalue weighted by atomic mass is 10.3. The smallest absolute Gasteiger partial charge is 0.350 e. The fraction of sp³-hybridized carbons (Fsp3) is 0.706. The average Bonchev–Trinajstić information content (AvgIpc) is 3.02. The molecule has 0 aliphatic heterocycles. The molecule has 1 aromatic rings. The first kappa shape index (κ1) is 22.3. The van der Waals surface area contributed by atoms with Crippen molar-refractivity contribution >= 4 is 23.3 Å². The molecule has 0 saturated carbocycles. The van der Waals surface area contributed by atoms with Crippen molar-refractivity contribution in [2.75, 3.05) is 47.1 Å². The van der Waals surface area contributed by atoms with Gasteiger partial charge in [0.05, 0.1) is 31.6 Å². The van der Waals surface area contributed by atoms with Crippen molar-refractivity contribution < 1.29 is 19.0 Å². The number of hydrogen-bond acceptors (Lipinski definition) is 7. The van der Waals surface area contributed by atoms with E-state index in [1.807, 2.05) is 13.8 Å². The van der Waals surface area contributed by atoms with Crippen molar-refractivity contribution in [2.45, 2.75) is 33.2 Å². The van der Waals surface area contributed by atoms with Gasteiger partial charge in [-0.2, -0.15) is 0 Å². The van der Waals surface area contributed by atoms with Crippen LogP contribution in [-0.4, -0.2) is 64.0 Å². The van der Waals surface area contributed by atoms with E-state index in [2.05, 4.69) is 20.6 Å². The standard InChI is InChI=1S/C17H30N4O4S/c1-6-25-16(22)14-12(2)20-15(26-14)13(3)21-17(18-4)19-8-7-9-24-11-10-23-5/h13H,6-11H2,1-5H3,(H2,18,19,21). The molecule has 2 N–H and O–H groups in total. The van der Waals surface area contributed by atoms with Crippen molar-refractivity contribution in [3.8, 4) is 0 Å². The third kappa shape index (κ3) is 7.67. The number of nitrogens with zero attached hydrogens (tertiary/aromatic N) is 2. The van der Waals surface area contributed by atoms with Gasteiger partial charge in [0, 0.05) is 27.3 Å². The number of esters is 1.